The van der Waals surface area contributed by atoms with E-state index in [1.165, 1.54) is 12.0 Å². The first-order valence-corrected chi connectivity index (χ1v) is 16.6. The van der Waals surface area contributed by atoms with E-state index < -0.39 is 35.0 Å². The van der Waals surface area contributed by atoms with Crippen molar-refractivity contribution in [3.63, 3.8) is 0 Å². The summed E-state index contributed by atoms with van der Waals surface area (Å²) in [5.74, 6) is -3.66. The molecule has 0 bridgehead atoms. The standard InChI is InChI=1S/C39H39N3O6/c1-4-20-41-35(44)28-17-16-27-29(34(28)37(41)46)22-31-36(45)42(40-26-14-10-23(2)11-15-26)38(47)39(31,25-8-6-5-7-9-25)30(27)18-12-24-13-19-32(43)33(21-24)48-3/h5-16,18-19,21,28-31,34,40,43H,4,17,20,22H2,1-3H3. The Bertz CT molecular complexity index is 1850. The van der Waals surface area contributed by atoms with Crippen LogP contribution in [0.2, 0.25) is 0 Å². The maximum atomic E-state index is 15.1. The number of phenols is 1. The number of ether oxygens (including phenoxy) is 1. The van der Waals surface area contributed by atoms with Gasteiger partial charge >= 0.3 is 0 Å². The van der Waals surface area contributed by atoms with Crippen LogP contribution in [0.1, 0.15) is 42.9 Å². The Morgan fingerprint density at radius 2 is 1.71 bits per heavy atom. The molecule has 4 amide bonds. The molecule has 0 spiro atoms. The molecule has 0 aromatic heterocycles. The van der Waals surface area contributed by atoms with Crippen LogP contribution in [0.5, 0.6) is 11.5 Å². The summed E-state index contributed by atoms with van der Waals surface area (Å²) in [6.45, 7) is 4.27. The van der Waals surface area contributed by atoms with E-state index in [1.807, 2.05) is 86.7 Å². The summed E-state index contributed by atoms with van der Waals surface area (Å²) in [6, 6.07) is 21.9. The third-order valence-electron chi connectivity index (χ3n) is 10.7. The molecule has 9 nitrogen and oxygen atoms in total. The van der Waals surface area contributed by atoms with Gasteiger partial charge in [-0.2, -0.15) is 5.01 Å². The molecule has 3 aromatic rings. The van der Waals surface area contributed by atoms with Gasteiger partial charge in [-0.25, -0.2) is 0 Å². The number of rotatable bonds is 8. The first-order chi connectivity index (χ1) is 23.2. The van der Waals surface area contributed by atoms with Gasteiger partial charge in [-0.15, -0.1) is 0 Å². The number of allylic oxidation sites excluding steroid dienone is 3. The first kappa shape index (κ1) is 31.4. The van der Waals surface area contributed by atoms with E-state index in [1.54, 1.807) is 18.2 Å². The van der Waals surface area contributed by atoms with Gasteiger partial charge < -0.3 is 9.84 Å². The van der Waals surface area contributed by atoms with Crippen molar-refractivity contribution < 1.29 is 29.0 Å². The number of fused-ring (bicyclic) bond motifs is 4. The van der Waals surface area contributed by atoms with Gasteiger partial charge in [0.25, 0.3) is 11.8 Å². The number of imide groups is 2. The Hall–Kier alpha value is -5.18. The number of nitrogens with one attached hydrogen (secondary N) is 1. The highest BCUT2D eigenvalue weighted by molar-refractivity contribution is 6.13. The summed E-state index contributed by atoms with van der Waals surface area (Å²) in [6.07, 6.45) is 7.19. The molecule has 3 fully saturated rings. The molecule has 6 unspecified atom stereocenters. The molecule has 2 heterocycles. The number of methoxy groups -OCH3 is 1. The van der Waals surface area contributed by atoms with E-state index >= 15 is 4.79 Å². The Kier molecular flexibility index (Phi) is 7.93. The number of likely N-dealkylation sites (tertiary alicyclic amines) is 1. The van der Waals surface area contributed by atoms with Crippen molar-refractivity contribution in [1.82, 2.24) is 9.91 Å². The van der Waals surface area contributed by atoms with Crippen LogP contribution < -0.4 is 10.2 Å². The lowest BCUT2D eigenvalue weighted by Crippen LogP contribution is -2.54. The fourth-order valence-electron chi connectivity index (χ4n) is 8.51. The zero-order valence-electron chi connectivity index (χ0n) is 27.3. The number of hydrogen-bond donors (Lipinski definition) is 2. The van der Waals surface area contributed by atoms with Gasteiger partial charge in [0, 0.05) is 12.5 Å². The molecule has 48 heavy (non-hydrogen) atoms. The van der Waals surface area contributed by atoms with Crippen molar-refractivity contribution in [2.75, 3.05) is 19.1 Å². The van der Waals surface area contributed by atoms with E-state index in [-0.39, 0.29) is 35.8 Å². The van der Waals surface area contributed by atoms with Crippen molar-refractivity contribution in [3.05, 3.63) is 107 Å². The predicted molar refractivity (Wildman–Crippen MR) is 180 cm³/mol. The van der Waals surface area contributed by atoms with Gasteiger partial charge in [0.15, 0.2) is 11.5 Å². The first-order valence-electron chi connectivity index (χ1n) is 16.6. The minimum atomic E-state index is -1.32. The summed E-state index contributed by atoms with van der Waals surface area (Å²) >= 11 is 0. The molecule has 0 radical (unpaired) electrons. The highest BCUT2D eigenvalue weighted by Crippen LogP contribution is 2.61. The molecule has 2 N–H and O–H groups in total. The normalized spacial score (nSPS) is 28.0. The number of benzene rings is 3. The second-order valence-corrected chi connectivity index (χ2v) is 13.3. The van der Waals surface area contributed by atoms with Crippen LogP contribution in [-0.2, 0) is 24.6 Å². The van der Waals surface area contributed by atoms with Crippen LogP contribution in [0.15, 0.2) is 90.5 Å². The molecule has 4 aliphatic rings. The fourth-order valence-corrected chi connectivity index (χ4v) is 8.51. The minimum Gasteiger partial charge on any atom is -0.504 e. The Morgan fingerprint density at radius 1 is 0.958 bits per heavy atom. The van der Waals surface area contributed by atoms with Gasteiger partial charge in [-0.3, -0.25) is 29.5 Å². The highest BCUT2D eigenvalue weighted by Gasteiger charge is 2.69. The molecule has 2 saturated heterocycles. The van der Waals surface area contributed by atoms with E-state index in [2.05, 4.69) is 5.43 Å². The van der Waals surface area contributed by atoms with Crippen LogP contribution in [0.25, 0.3) is 6.08 Å². The monoisotopic (exact) mass is 645 g/mol. The van der Waals surface area contributed by atoms with E-state index in [4.69, 9.17) is 4.74 Å². The van der Waals surface area contributed by atoms with Gasteiger partial charge in [0.05, 0.1) is 36.0 Å². The fraction of sp³-hybridized carbons (Fsp3) is 0.333. The number of aromatic hydroxyl groups is 1. The minimum absolute atomic E-state index is 0.00432. The average Bonchev–Trinajstić information content (AvgIpc) is 3.47. The summed E-state index contributed by atoms with van der Waals surface area (Å²) in [7, 11) is 1.48. The van der Waals surface area contributed by atoms with Gasteiger partial charge in [-0.1, -0.05) is 84.8 Å². The highest BCUT2D eigenvalue weighted by atomic mass is 16.5. The lowest BCUT2D eigenvalue weighted by atomic mass is 9.50. The summed E-state index contributed by atoms with van der Waals surface area (Å²) in [5, 5.41) is 11.4. The van der Waals surface area contributed by atoms with Crippen LogP contribution in [0.4, 0.5) is 5.69 Å². The predicted octanol–water partition coefficient (Wildman–Crippen LogP) is 5.65. The van der Waals surface area contributed by atoms with Gasteiger partial charge in [0.2, 0.25) is 11.8 Å². The van der Waals surface area contributed by atoms with E-state index in [9.17, 15) is 19.5 Å². The van der Waals surface area contributed by atoms with E-state index in [0.29, 0.717) is 36.4 Å². The second kappa shape index (κ2) is 12.1. The summed E-state index contributed by atoms with van der Waals surface area (Å²) in [5.41, 5.74) is 5.79. The van der Waals surface area contributed by atoms with Crippen LogP contribution in [0, 0.1) is 36.5 Å². The Balaban J connectivity index is 1.41. The SMILES string of the molecule is CCCN1C(=O)C2CC=C3C(CC4C(=O)N(Nc5ccc(C)cc5)C(=O)C4(c4ccccc4)C3C=Cc3ccc(O)c(OC)c3)C2C1=O. The third kappa shape index (κ3) is 4.74. The molecule has 6 atom stereocenters. The maximum absolute atomic E-state index is 15.1. The number of aryl methyl sites for hydroxylation is 1. The third-order valence-corrected chi connectivity index (χ3v) is 10.7. The van der Waals surface area contributed by atoms with Crippen LogP contribution in [-0.4, -0.2) is 52.3 Å². The number of nitrogens with zero attached hydrogens (tertiary/aromatic N) is 2. The zero-order valence-corrected chi connectivity index (χ0v) is 27.3. The molecular weight excluding hydrogens is 606 g/mol. The Morgan fingerprint density at radius 3 is 2.42 bits per heavy atom. The largest absolute Gasteiger partial charge is 0.504 e. The number of carbonyl (C=O) groups is 4. The lowest BCUT2D eigenvalue weighted by molar-refractivity contribution is -0.141. The number of amides is 4. The molecule has 246 valence electrons. The Labute approximate surface area is 279 Å². The zero-order chi connectivity index (χ0) is 33.7. The molecule has 2 aliphatic carbocycles. The van der Waals surface area contributed by atoms with Crippen LogP contribution in [0.3, 0.4) is 0 Å². The lowest BCUT2D eigenvalue weighted by Gasteiger charge is -2.49. The van der Waals surface area contributed by atoms with Crippen LogP contribution >= 0.6 is 0 Å². The number of anilines is 1. The smallest absolute Gasteiger partial charge is 0.260 e. The number of hydrazine groups is 1. The number of phenolic OH excluding ortho intramolecular Hbond substituents is 1. The van der Waals surface area contributed by atoms with Crippen molar-refractivity contribution in [1.29, 1.82) is 0 Å². The summed E-state index contributed by atoms with van der Waals surface area (Å²) < 4.78 is 5.35. The number of carbonyl (C=O) groups excluding carboxylic acids is 4. The topological polar surface area (TPSA) is 116 Å². The maximum Gasteiger partial charge on any atom is 0.260 e. The average molecular weight is 646 g/mol. The van der Waals surface area contributed by atoms with Crippen molar-refractivity contribution in [2.45, 2.75) is 38.5 Å². The molecule has 2 aliphatic heterocycles. The van der Waals surface area contributed by atoms with Crippen molar-refractivity contribution >= 4 is 35.4 Å². The van der Waals surface area contributed by atoms with Gasteiger partial charge in [0.1, 0.15) is 0 Å². The second-order valence-electron chi connectivity index (χ2n) is 13.3. The molecule has 9 heteroatoms. The molecule has 1 saturated carbocycles. The number of hydrogen-bond acceptors (Lipinski definition) is 7. The molecule has 7 rings (SSSR count). The quantitative estimate of drug-likeness (QED) is 0.240. The van der Waals surface area contributed by atoms with Gasteiger partial charge in [-0.05, 0) is 67.5 Å². The van der Waals surface area contributed by atoms with Crippen molar-refractivity contribution in [2.24, 2.45) is 29.6 Å². The molecular formula is C39H39N3O6. The van der Waals surface area contributed by atoms with E-state index in [0.717, 1.165) is 21.7 Å². The summed E-state index contributed by atoms with van der Waals surface area (Å²) in [4.78, 5) is 58.5. The van der Waals surface area contributed by atoms with Crippen molar-refractivity contribution in [3.8, 4) is 11.5 Å². The molecule has 3 aromatic carbocycles.